The molecule has 0 fully saturated rings. The van der Waals surface area contributed by atoms with Gasteiger partial charge in [0.05, 0.1) is 11.8 Å². The lowest BCUT2D eigenvalue weighted by Crippen LogP contribution is -1.97. The van der Waals surface area contributed by atoms with Gasteiger partial charge in [-0.25, -0.2) is 4.79 Å². The molecule has 0 heterocycles. The van der Waals surface area contributed by atoms with Crippen molar-refractivity contribution in [2.24, 2.45) is 5.16 Å². The maximum atomic E-state index is 10.5. The molecule has 0 saturated heterocycles. The van der Waals surface area contributed by atoms with Crippen LogP contribution in [0.15, 0.2) is 5.16 Å². The second-order valence-corrected chi connectivity index (χ2v) is 3.84. The fourth-order valence-corrected chi connectivity index (χ4v) is 1.30. The first kappa shape index (κ1) is 14.6. The number of oxime groups is 1. The summed E-state index contributed by atoms with van der Waals surface area (Å²) in [5.41, 5.74) is 0.854. The Labute approximate surface area is 97.3 Å². The highest BCUT2D eigenvalue weighted by molar-refractivity contribution is 5.82. The minimum Gasteiger partial charge on any atom is -0.319 e. The number of unbranched alkanes of at least 4 members (excludes halogenated alkanes) is 5. The van der Waals surface area contributed by atoms with Crippen molar-refractivity contribution >= 4 is 11.7 Å². The largest absolute Gasteiger partial charge is 0.331 e. The van der Waals surface area contributed by atoms with Crippen LogP contribution >= 0.6 is 0 Å². The van der Waals surface area contributed by atoms with Gasteiger partial charge in [-0.1, -0.05) is 24.4 Å². The highest BCUT2D eigenvalue weighted by atomic mass is 16.7. The first-order valence-corrected chi connectivity index (χ1v) is 5.75. The summed E-state index contributed by atoms with van der Waals surface area (Å²) < 4.78 is 0. The topological polar surface area (TPSA) is 62.4 Å². The second-order valence-electron chi connectivity index (χ2n) is 3.84. The smallest absolute Gasteiger partial charge is 0.319 e. The summed E-state index contributed by atoms with van der Waals surface area (Å²) in [7, 11) is 0. The van der Waals surface area contributed by atoms with E-state index in [4.69, 9.17) is 5.26 Å². The number of hydrogen-bond acceptors (Lipinski definition) is 4. The van der Waals surface area contributed by atoms with Crippen molar-refractivity contribution in [3.05, 3.63) is 0 Å². The quantitative estimate of drug-likeness (QED) is 0.275. The molecule has 0 atom stereocenters. The van der Waals surface area contributed by atoms with Gasteiger partial charge in [0.2, 0.25) is 0 Å². The maximum Gasteiger partial charge on any atom is 0.331 e. The van der Waals surface area contributed by atoms with Crippen LogP contribution in [0.3, 0.4) is 0 Å². The standard InChI is InChI=1S/C12H20N2O2/c1-11(14-16-12(2)15)9-7-5-3-4-6-8-10-13/h3-9H2,1-2H3. The number of nitrogens with zero attached hydrogens (tertiary/aromatic N) is 2. The van der Waals surface area contributed by atoms with Crippen LogP contribution in [0.2, 0.25) is 0 Å². The van der Waals surface area contributed by atoms with Gasteiger partial charge in [-0.15, -0.1) is 0 Å². The number of nitriles is 1. The summed E-state index contributed by atoms with van der Waals surface area (Å²) in [4.78, 5) is 15.0. The van der Waals surface area contributed by atoms with E-state index >= 15 is 0 Å². The second kappa shape index (κ2) is 10.2. The van der Waals surface area contributed by atoms with Gasteiger partial charge in [0.1, 0.15) is 0 Å². The van der Waals surface area contributed by atoms with Crippen LogP contribution in [-0.2, 0) is 9.63 Å². The van der Waals surface area contributed by atoms with Gasteiger partial charge < -0.3 is 4.84 Å². The van der Waals surface area contributed by atoms with E-state index in [1.165, 1.54) is 6.92 Å². The Morgan fingerprint density at radius 1 is 1.19 bits per heavy atom. The van der Waals surface area contributed by atoms with Crippen molar-refractivity contribution in [1.82, 2.24) is 0 Å². The molecule has 0 aliphatic carbocycles. The Morgan fingerprint density at radius 2 is 1.81 bits per heavy atom. The highest BCUT2D eigenvalue weighted by Gasteiger charge is 1.96. The van der Waals surface area contributed by atoms with Gasteiger partial charge in [-0.05, 0) is 26.2 Å². The van der Waals surface area contributed by atoms with Crippen molar-refractivity contribution in [3.8, 4) is 6.07 Å². The van der Waals surface area contributed by atoms with Crippen LogP contribution in [0, 0.1) is 11.3 Å². The van der Waals surface area contributed by atoms with Gasteiger partial charge in [0, 0.05) is 13.3 Å². The van der Waals surface area contributed by atoms with E-state index in [1.54, 1.807) is 0 Å². The van der Waals surface area contributed by atoms with E-state index in [0.29, 0.717) is 6.42 Å². The number of carbonyl (C=O) groups is 1. The molecule has 0 bridgehead atoms. The summed E-state index contributed by atoms with van der Waals surface area (Å²) in [5, 5.41) is 12.0. The average molecular weight is 224 g/mol. The molecule has 0 unspecified atom stereocenters. The predicted molar refractivity (Wildman–Crippen MR) is 62.8 cm³/mol. The molecular formula is C12H20N2O2. The number of hydrogen-bond donors (Lipinski definition) is 0. The summed E-state index contributed by atoms with van der Waals surface area (Å²) in [6, 6.07) is 2.14. The molecular weight excluding hydrogens is 204 g/mol. The summed E-state index contributed by atoms with van der Waals surface area (Å²) in [6.07, 6.45) is 6.99. The van der Waals surface area contributed by atoms with Gasteiger partial charge in [0.15, 0.2) is 0 Å². The molecule has 0 aromatic heterocycles. The lowest BCUT2D eigenvalue weighted by Gasteiger charge is -2.00. The van der Waals surface area contributed by atoms with Crippen LogP contribution in [0.1, 0.15) is 58.8 Å². The molecule has 0 aromatic carbocycles. The molecule has 0 rings (SSSR count). The predicted octanol–water partition coefficient (Wildman–Crippen LogP) is 3.18. The summed E-state index contributed by atoms with van der Waals surface area (Å²) in [6.45, 7) is 3.20. The number of carbonyl (C=O) groups excluding carboxylic acids is 1. The van der Waals surface area contributed by atoms with E-state index in [-0.39, 0.29) is 5.97 Å². The van der Waals surface area contributed by atoms with Gasteiger partial charge in [0.25, 0.3) is 0 Å². The van der Waals surface area contributed by atoms with Gasteiger partial charge in [-0.2, -0.15) is 5.26 Å². The molecule has 0 saturated carbocycles. The Morgan fingerprint density at radius 3 is 2.44 bits per heavy atom. The zero-order valence-electron chi connectivity index (χ0n) is 10.2. The fourth-order valence-electron chi connectivity index (χ4n) is 1.30. The summed E-state index contributed by atoms with van der Waals surface area (Å²) in [5.74, 6) is -0.379. The maximum absolute atomic E-state index is 10.5. The van der Waals surface area contributed by atoms with Crippen LogP contribution in [0.5, 0.6) is 0 Å². The first-order valence-electron chi connectivity index (χ1n) is 5.75. The van der Waals surface area contributed by atoms with Crippen LogP contribution in [0.25, 0.3) is 0 Å². The zero-order chi connectivity index (χ0) is 12.2. The Kier molecular flexibility index (Phi) is 9.29. The van der Waals surface area contributed by atoms with E-state index < -0.39 is 0 Å². The molecule has 0 aliphatic rings. The van der Waals surface area contributed by atoms with Crippen molar-refractivity contribution in [2.75, 3.05) is 0 Å². The fraction of sp³-hybridized carbons (Fsp3) is 0.750. The molecule has 0 aliphatic heterocycles. The Bertz CT molecular complexity index is 267. The van der Waals surface area contributed by atoms with Crippen LogP contribution < -0.4 is 0 Å². The van der Waals surface area contributed by atoms with E-state index in [2.05, 4.69) is 16.1 Å². The normalized spacial score (nSPS) is 10.9. The third-order valence-corrected chi connectivity index (χ3v) is 2.16. The summed E-state index contributed by atoms with van der Waals surface area (Å²) >= 11 is 0. The molecule has 0 amide bonds. The molecule has 0 N–H and O–H groups in total. The van der Waals surface area contributed by atoms with Crippen molar-refractivity contribution in [3.63, 3.8) is 0 Å². The average Bonchev–Trinajstić information content (AvgIpc) is 2.25. The van der Waals surface area contributed by atoms with Crippen LogP contribution in [0.4, 0.5) is 0 Å². The Hall–Kier alpha value is -1.37. The first-order chi connectivity index (χ1) is 7.66. The van der Waals surface area contributed by atoms with E-state index in [9.17, 15) is 4.79 Å². The van der Waals surface area contributed by atoms with Crippen molar-refractivity contribution in [2.45, 2.75) is 58.8 Å². The SMILES string of the molecule is CC(=O)ON=C(C)CCCCCCCC#N. The lowest BCUT2D eigenvalue weighted by atomic mass is 10.1. The van der Waals surface area contributed by atoms with E-state index in [0.717, 1.165) is 44.2 Å². The van der Waals surface area contributed by atoms with Crippen LogP contribution in [-0.4, -0.2) is 11.7 Å². The monoisotopic (exact) mass is 224 g/mol. The zero-order valence-corrected chi connectivity index (χ0v) is 10.2. The minimum atomic E-state index is -0.379. The molecule has 0 spiro atoms. The third kappa shape index (κ3) is 10.7. The molecule has 4 nitrogen and oxygen atoms in total. The molecule has 90 valence electrons. The Balaban J connectivity index is 3.34. The lowest BCUT2D eigenvalue weighted by molar-refractivity contribution is -0.140. The third-order valence-electron chi connectivity index (χ3n) is 2.16. The van der Waals surface area contributed by atoms with Crippen molar-refractivity contribution < 1.29 is 9.63 Å². The highest BCUT2D eigenvalue weighted by Crippen LogP contribution is 2.07. The van der Waals surface area contributed by atoms with E-state index in [1.807, 2.05) is 6.92 Å². The van der Waals surface area contributed by atoms with Gasteiger partial charge in [-0.3, -0.25) is 0 Å². The molecule has 16 heavy (non-hydrogen) atoms. The van der Waals surface area contributed by atoms with Gasteiger partial charge >= 0.3 is 5.97 Å². The number of rotatable bonds is 8. The molecule has 0 aromatic rings. The molecule has 0 radical (unpaired) electrons. The minimum absolute atomic E-state index is 0.379. The molecule has 4 heteroatoms. The van der Waals surface area contributed by atoms with Crippen molar-refractivity contribution in [1.29, 1.82) is 5.26 Å².